The molecule has 0 aliphatic heterocycles. The first-order valence-electron chi connectivity index (χ1n) is 6.34. The first-order valence-corrected chi connectivity index (χ1v) is 6.34. The second kappa shape index (κ2) is 6.06. The van der Waals surface area contributed by atoms with Crippen LogP contribution in [0.4, 0.5) is 11.5 Å². The highest BCUT2D eigenvalue weighted by atomic mass is 16.5. The minimum atomic E-state index is -0.227. The SMILES string of the molecule is CC(C)Oc1ccc(NC(=O)c2ccc(N)nc2)cc1. The number of carbonyl (C=O) groups excluding carboxylic acids is 1. The van der Waals surface area contributed by atoms with E-state index >= 15 is 0 Å². The monoisotopic (exact) mass is 271 g/mol. The van der Waals surface area contributed by atoms with Crippen molar-refractivity contribution in [1.82, 2.24) is 4.98 Å². The Morgan fingerprint density at radius 1 is 1.20 bits per heavy atom. The summed E-state index contributed by atoms with van der Waals surface area (Å²) in [6, 6.07) is 10.4. The Morgan fingerprint density at radius 2 is 1.90 bits per heavy atom. The van der Waals surface area contributed by atoms with E-state index in [0.29, 0.717) is 17.1 Å². The molecule has 1 aromatic heterocycles. The normalized spacial score (nSPS) is 10.3. The maximum Gasteiger partial charge on any atom is 0.257 e. The molecular weight excluding hydrogens is 254 g/mol. The second-order valence-corrected chi connectivity index (χ2v) is 4.62. The van der Waals surface area contributed by atoms with Crippen LogP contribution in [0.2, 0.25) is 0 Å². The lowest BCUT2D eigenvalue weighted by molar-refractivity contribution is 0.102. The van der Waals surface area contributed by atoms with Crippen LogP contribution in [0.1, 0.15) is 24.2 Å². The van der Waals surface area contributed by atoms with Crippen LogP contribution in [-0.4, -0.2) is 17.0 Å². The highest BCUT2D eigenvalue weighted by molar-refractivity contribution is 6.04. The number of rotatable bonds is 4. The van der Waals surface area contributed by atoms with Gasteiger partial charge in [0.25, 0.3) is 5.91 Å². The van der Waals surface area contributed by atoms with E-state index in [9.17, 15) is 4.79 Å². The van der Waals surface area contributed by atoms with Gasteiger partial charge in [-0.2, -0.15) is 0 Å². The van der Waals surface area contributed by atoms with E-state index in [1.165, 1.54) is 6.20 Å². The average Bonchev–Trinajstić information content (AvgIpc) is 2.41. The van der Waals surface area contributed by atoms with Crippen molar-refractivity contribution in [3.8, 4) is 5.75 Å². The minimum Gasteiger partial charge on any atom is -0.491 e. The van der Waals surface area contributed by atoms with Crippen molar-refractivity contribution >= 4 is 17.4 Å². The fourth-order valence-corrected chi connectivity index (χ4v) is 1.63. The zero-order valence-corrected chi connectivity index (χ0v) is 11.5. The van der Waals surface area contributed by atoms with E-state index in [4.69, 9.17) is 10.5 Å². The van der Waals surface area contributed by atoms with Crippen LogP contribution in [0.15, 0.2) is 42.6 Å². The molecule has 2 aromatic rings. The lowest BCUT2D eigenvalue weighted by atomic mass is 10.2. The molecule has 1 amide bonds. The number of anilines is 2. The number of nitrogens with one attached hydrogen (secondary N) is 1. The van der Waals surface area contributed by atoms with E-state index in [-0.39, 0.29) is 12.0 Å². The molecule has 0 radical (unpaired) electrons. The van der Waals surface area contributed by atoms with Gasteiger partial charge in [0.05, 0.1) is 11.7 Å². The van der Waals surface area contributed by atoms with Crippen molar-refractivity contribution in [2.75, 3.05) is 11.1 Å². The fourth-order valence-electron chi connectivity index (χ4n) is 1.63. The average molecular weight is 271 g/mol. The highest BCUT2D eigenvalue weighted by Crippen LogP contribution is 2.17. The molecule has 1 aromatic carbocycles. The summed E-state index contributed by atoms with van der Waals surface area (Å²) in [7, 11) is 0. The van der Waals surface area contributed by atoms with Gasteiger partial charge in [0.2, 0.25) is 0 Å². The highest BCUT2D eigenvalue weighted by Gasteiger charge is 2.06. The van der Waals surface area contributed by atoms with Crippen LogP contribution < -0.4 is 15.8 Å². The lowest BCUT2D eigenvalue weighted by Crippen LogP contribution is -2.12. The van der Waals surface area contributed by atoms with Crippen molar-refractivity contribution < 1.29 is 9.53 Å². The standard InChI is InChI=1S/C15H17N3O2/c1-10(2)20-13-6-4-12(5-7-13)18-15(19)11-3-8-14(16)17-9-11/h3-10H,1-2H3,(H2,16,17)(H,18,19). The summed E-state index contributed by atoms with van der Waals surface area (Å²) in [4.78, 5) is 15.9. The third-order valence-corrected chi connectivity index (χ3v) is 2.53. The summed E-state index contributed by atoms with van der Waals surface area (Å²) in [6.45, 7) is 3.92. The lowest BCUT2D eigenvalue weighted by Gasteiger charge is -2.10. The maximum atomic E-state index is 12.0. The van der Waals surface area contributed by atoms with E-state index < -0.39 is 0 Å². The first kappa shape index (κ1) is 13.9. The van der Waals surface area contributed by atoms with Gasteiger partial charge < -0.3 is 15.8 Å². The maximum absolute atomic E-state index is 12.0. The van der Waals surface area contributed by atoms with Crippen molar-refractivity contribution in [3.05, 3.63) is 48.2 Å². The minimum absolute atomic E-state index is 0.122. The van der Waals surface area contributed by atoms with E-state index in [1.54, 1.807) is 24.3 Å². The predicted octanol–water partition coefficient (Wildman–Crippen LogP) is 2.70. The number of amides is 1. The molecule has 0 saturated carbocycles. The van der Waals surface area contributed by atoms with Gasteiger partial charge in [-0.1, -0.05) is 0 Å². The zero-order valence-electron chi connectivity index (χ0n) is 11.5. The molecule has 0 aliphatic rings. The molecule has 0 unspecified atom stereocenters. The van der Waals surface area contributed by atoms with Crippen LogP contribution in [0.5, 0.6) is 5.75 Å². The molecule has 2 rings (SSSR count). The molecule has 0 saturated heterocycles. The van der Waals surface area contributed by atoms with Gasteiger partial charge in [-0.05, 0) is 50.2 Å². The molecule has 104 valence electrons. The molecule has 0 atom stereocenters. The third kappa shape index (κ3) is 3.71. The fraction of sp³-hybridized carbons (Fsp3) is 0.200. The third-order valence-electron chi connectivity index (χ3n) is 2.53. The van der Waals surface area contributed by atoms with Crippen molar-refractivity contribution in [2.45, 2.75) is 20.0 Å². The van der Waals surface area contributed by atoms with Crippen LogP contribution in [-0.2, 0) is 0 Å². The summed E-state index contributed by atoms with van der Waals surface area (Å²) < 4.78 is 5.54. The van der Waals surface area contributed by atoms with Crippen LogP contribution >= 0.6 is 0 Å². The van der Waals surface area contributed by atoms with Crippen LogP contribution in [0.3, 0.4) is 0 Å². The van der Waals surface area contributed by atoms with Gasteiger partial charge in [-0.15, -0.1) is 0 Å². The number of nitrogens with two attached hydrogens (primary N) is 1. The number of nitrogens with zero attached hydrogens (tertiary/aromatic N) is 1. The van der Waals surface area contributed by atoms with Gasteiger partial charge in [0, 0.05) is 11.9 Å². The molecule has 5 heteroatoms. The Kier molecular flexibility index (Phi) is 4.20. The number of ether oxygens (including phenoxy) is 1. The van der Waals surface area contributed by atoms with E-state index in [1.807, 2.05) is 26.0 Å². The van der Waals surface area contributed by atoms with E-state index in [0.717, 1.165) is 5.75 Å². The molecule has 5 nitrogen and oxygen atoms in total. The summed E-state index contributed by atoms with van der Waals surface area (Å²) in [5.41, 5.74) is 6.64. The number of nitrogen functional groups attached to an aromatic ring is 1. The Morgan fingerprint density at radius 3 is 2.45 bits per heavy atom. The number of carbonyl (C=O) groups is 1. The molecule has 1 heterocycles. The molecule has 0 bridgehead atoms. The van der Waals surface area contributed by atoms with E-state index in [2.05, 4.69) is 10.3 Å². The molecule has 0 spiro atoms. The predicted molar refractivity (Wildman–Crippen MR) is 78.8 cm³/mol. The number of benzene rings is 1. The number of aromatic nitrogens is 1. The van der Waals surface area contributed by atoms with Crippen molar-refractivity contribution in [1.29, 1.82) is 0 Å². The molecule has 20 heavy (non-hydrogen) atoms. The summed E-state index contributed by atoms with van der Waals surface area (Å²) >= 11 is 0. The smallest absolute Gasteiger partial charge is 0.257 e. The quantitative estimate of drug-likeness (QED) is 0.896. The van der Waals surface area contributed by atoms with Crippen LogP contribution in [0.25, 0.3) is 0 Å². The Labute approximate surface area is 117 Å². The van der Waals surface area contributed by atoms with Gasteiger partial charge in [0.1, 0.15) is 11.6 Å². The summed E-state index contributed by atoms with van der Waals surface area (Å²) in [5.74, 6) is 0.930. The Bertz CT molecular complexity index is 577. The summed E-state index contributed by atoms with van der Waals surface area (Å²) in [5, 5.41) is 2.78. The van der Waals surface area contributed by atoms with Crippen molar-refractivity contribution in [2.24, 2.45) is 0 Å². The number of pyridine rings is 1. The number of hydrogen-bond acceptors (Lipinski definition) is 4. The second-order valence-electron chi connectivity index (χ2n) is 4.62. The largest absolute Gasteiger partial charge is 0.491 e. The van der Waals surface area contributed by atoms with Gasteiger partial charge >= 0.3 is 0 Å². The Balaban J connectivity index is 2.02. The molecular formula is C15H17N3O2. The molecule has 0 aliphatic carbocycles. The van der Waals surface area contributed by atoms with Crippen LogP contribution in [0, 0.1) is 0 Å². The Hall–Kier alpha value is -2.56. The summed E-state index contributed by atoms with van der Waals surface area (Å²) in [6.07, 6.45) is 1.57. The number of hydrogen-bond donors (Lipinski definition) is 2. The first-order chi connectivity index (χ1) is 9.54. The van der Waals surface area contributed by atoms with Gasteiger partial charge in [-0.3, -0.25) is 4.79 Å². The molecule has 0 fully saturated rings. The van der Waals surface area contributed by atoms with Gasteiger partial charge in [0.15, 0.2) is 0 Å². The molecule has 3 N–H and O–H groups in total. The topological polar surface area (TPSA) is 77.2 Å². The van der Waals surface area contributed by atoms with Gasteiger partial charge in [-0.25, -0.2) is 4.98 Å². The zero-order chi connectivity index (χ0) is 14.5. The van der Waals surface area contributed by atoms with Crippen molar-refractivity contribution in [3.63, 3.8) is 0 Å².